The minimum absolute atomic E-state index is 0.381. The summed E-state index contributed by atoms with van der Waals surface area (Å²) in [7, 11) is 1.67. The van der Waals surface area contributed by atoms with E-state index in [9.17, 15) is 5.11 Å². The van der Waals surface area contributed by atoms with E-state index >= 15 is 0 Å². The summed E-state index contributed by atoms with van der Waals surface area (Å²) in [5, 5.41) is 11.2. The Bertz CT molecular complexity index is 745. The van der Waals surface area contributed by atoms with E-state index in [1.54, 1.807) is 7.11 Å². The Morgan fingerprint density at radius 2 is 2.09 bits per heavy atom. The van der Waals surface area contributed by atoms with Crippen molar-refractivity contribution in [3.8, 4) is 11.5 Å². The van der Waals surface area contributed by atoms with Crippen LogP contribution in [0.1, 0.15) is 35.3 Å². The van der Waals surface area contributed by atoms with Crippen molar-refractivity contribution < 1.29 is 14.6 Å². The Labute approximate surface area is 140 Å². The molecular weight excluding hydrogens is 308 g/mol. The summed E-state index contributed by atoms with van der Waals surface area (Å²) in [6.07, 6.45) is -0.000146. The van der Waals surface area contributed by atoms with Crippen molar-refractivity contribution in [2.24, 2.45) is 0 Å². The van der Waals surface area contributed by atoms with E-state index in [0.717, 1.165) is 29.2 Å². The fourth-order valence-corrected chi connectivity index (χ4v) is 5.14. The van der Waals surface area contributed by atoms with Crippen LogP contribution in [0.15, 0.2) is 42.5 Å². The van der Waals surface area contributed by atoms with Crippen LogP contribution >= 0.6 is 11.8 Å². The van der Waals surface area contributed by atoms with Gasteiger partial charge in [-0.15, -0.1) is 0 Å². The van der Waals surface area contributed by atoms with Crippen LogP contribution in [0.4, 0.5) is 0 Å². The highest BCUT2D eigenvalue weighted by Gasteiger charge is 2.56. The molecule has 1 spiro atoms. The van der Waals surface area contributed by atoms with Crippen LogP contribution in [-0.4, -0.2) is 24.3 Å². The molecule has 1 heterocycles. The van der Waals surface area contributed by atoms with Gasteiger partial charge in [0, 0.05) is 10.8 Å². The molecular formula is C19H20O3S. The molecule has 1 aliphatic carbocycles. The summed E-state index contributed by atoms with van der Waals surface area (Å²) >= 11 is 1.93. The van der Waals surface area contributed by atoms with Crippen molar-refractivity contribution in [1.29, 1.82) is 0 Å². The van der Waals surface area contributed by atoms with Crippen LogP contribution in [0, 0.1) is 0 Å². The van der Waals surface area contributed by atoms with Gasteiger partial charge in [-0.2, -0.15) is 11.8 Å². The van der Waals surface area contributed by atoms with E-state index in [-0.39, 0.29) is 0 Å². The normalized spacial score (nSPS) is 27.6. The third-order valence-electron chi connectivity index (χ3n) is 4.99. The lowest BCUT2D eigenvalue weighted by Gasteiger charge is -2.28. The van der Waals surface area contributed by atoms with E-state index in [4.69, 9.17) is 9.47 Å². The highest BCUT2D eigenvalue weighted by atomic mass is 32.2. The van der Waals surface area contributed by atoms with Crippen molar-refractivity contribution >= 4 is 11.8 Å². The summed E-state index contributed by atoms with van der Waals surface area (Å²) in [4.78, 5) is 0. The van der Waals surface area contributed by atoms with Gasteiger partial charge in [0.1, 0.15) is 11.5 Å². The average Bonchev–Trinajstić information content (AvgIpc) is 3.05. The number of fused-ring (bicyclic) bond motifs is 4. The summed E-state index contributed by atoms with van der Waals surface area (Å²) in [6.45, 7) is 2.18. The number of aliphatic hydroxyl groups excluding tert-OH is 1. The maximum absolute atomic E-state index is 10.8. The number of aliphatic hydroxyl groups is 1. The molecule has 2 aromatic carbocycles. The lowest BCUT2D eigenvalue weighted by molar-refractivity contribution is -0.0431. The lowest BCUT2D eigenvalue weighted by Crippen LogP contribution is -2.37. The molecule has 120 valence electrons. The summed E-state index contributed by atoms with van der Waals surface area (Å²) < 4.78 is 11.2. The van der Waals surface area contributed by atoms with Gasteiger partial charge in [0.05, 0.1) is 12.5 Å². The van der Waals surface area contributed by atoms with Crippen LogP contribution in [0.2, 0.25) is 0 Å². The highest BCUT2D eigenvalue weighted by Crippen LogP contribution is 2.60. The zero-order valence-corrected chi connectivity index (χ0v) is 14.1. The van der Waals surface area contributed by atoms with Gasteiger partial charge in [-0.3, -0.25) is 0 Å². The lowest BCUT2D eigenvalue weighted by atomic mass is 9.76. The van der Waals surface area contributed by atoms with Gasteiger partial charge in [0.2, 0.25) is 6.29 Å². The summed E-state index contributed by atoms with van der Waals surface area (Å²) in [5.41, 5.74) is 3.05. The van der Waals surface area contributed by atoms with Gasteiger partial charge in [0.25, 0.3) is 0 Å². The van der Waals surface area contributed by atoms with E-state index in [0.29, 0.717) is 5.25 Å². The second-order valence-corrected chi connectivity index (χ2v) is 7.52. The number of hydrogen-bond acceptors (Lipinski definition) is 4. The number of ether oxygens (including phenoxy) is 2. The van der Waals surface area contributed by atoms with Gasteiger partial charge < -0.3 is 14.6 Å². The highest BCUT2D eigenvalue weighted by molar-refractivity contribution is 7.99. The fourth-order valence-electron chi connectivity index (χ4n) is 3.98. The first kappa shape index (κ1) is 14.9. The van der Waals surface area contributed by atoms with Gasteiger partial charge in [-0.25, -0.2) is 0 Å². The molecule has 0 amide bonds. The fraction of sp³-hybridized carbons (Fsp3) is 0.368. The Kier molecular flexibility index (Phi) is 3.54. The van der Waals surface area contributed by atoms with Gasteiger partial charge in [0.15, 0.2) is 0 Å². The molecule has 2 aliphatic rings. The smallest absolute Gasteiger partial charge is 0.211 e. The van der Waals surface area contributed by atoms with Crippen LogP contribution < -0.4 is 9.47 Å². The molecule has 1 N–H and O–H groups in total. The van der Waals surface area contributed by atoms with E-state index in [1.807, 2.05) is 36.0 Å². The van der Waals surface area contributed by atoms with Crippen molar-refractivity contribution in [2.75, 3.05) is 12.9 Å². The Hall–Kier alpha value is -1.65. The quantitative estimate of drug-likeness (QED) is 0.928. The van der Waals surface area contributed by atoms with Gasteiger partial charge in [-0.05, 0) is 41.5 Å². The van der Waals surface area contributed by atoms with Crippen LogP contribution in [-0.2, 0) is 5.41 Å². The zero-order valence-electron chi connectivity index (χ0n) is 13.3. The first-order chi connectivity index (χ1) is 11.2. The minimum Gasteiger partial charge on any atom is -0.497 e. The molecule has 0 saturated heterocycles. The number of thioether (sulfide) groups is 1. The molecule has 2 aromatic rings. The molecule has 1 aliphatic heterocycles. The molecule has 4 heteroatoms. The van der Waals surface area contributed by atoms with E-state index in [2.05, 4.69) is 25.1 Å². The van der Waals surface area contributed by atoms with E-state index < -0.39 is 11.7 Å². The topological polar surface area (TPSA) is 38.7 Å². The number of hydrogen-bond donors (Lipinski definition) is 1. The monoisotopic (exact) mass is 328 g/mol. The predicted octanol–water partition coefficient (Wildman–Crippen LogP) is 3.89. The molecule has 0 bridgehead atoms. The van der Waals surface area contributed by atoms with Crippen molar-refractivity contribution in [3.05, 3.63) is 59.2 Å². The largest absolute Gasteiger partial charge is 0.497 e. The third kappa shape index (κ3) is 2.01. The van der Waals surface area contributed by atoms with Crippen LogP contribution in [0.3, 0.4) is 0 Å². The standard InChI is InChI=1S/C19H20O3S/c1-3-23-17-11-19(14-7-5-4-6-13(14)17)15-10-12(21-2)8-9-16(15)22-18(19)20/h4-10,17-18,20H,3,11H2,1-2H3. The Balaban J connectivity index is 1.92. The number of benzene rings is 2. The molecule has 4 rings (SSSR count). The van der Waals surface area contributed by atoms with Gasteiger partial charge in [-0.1, -0.05) is 31.2 Å². The van der Waals surface area contributed by atoms with Gasteiger partial charge >= 0.3 is 0 Å². The van der Waals surface area contributed by atoms with Crippen LogP contribution in [0.25, 0.3) is 0 Å². The second kappa shape index (κ2) is 5.46. The third-order valence-corrected chi connectivity index (χ3v) is 6.15. The maximum Gasteiger partial charge on any atom is 0.211 e. The van der Waals surface area contributed by atoms with Crippen LogP contribution in [0.5, 0.6) is 11.5 Å². The minimum atomic E-state index is -0.854. The first-order valence-corrected chi connectivity index (χ1v) is 9.00. The Morgan fingerprint density at radius 1 is 1.26 bits per heavy atom. The van der Waals surface area contributed by atoms with Crippen molar-refractivity contribution in [3.63, 3.8) is 0 Å². The van der Waals surface area contributed by atoms with Crippen molar-refractivity contribution in [1.82, 2.24) is 0 Å². The molecule has 3 atom stereocenters. The zero-order chi connectivity index (χ0) is 16.0. The summed E-state index contributed by atoms with van der Waals surface area (Å²) in [6, 6.07) is 14.2. The van der Waals surface area contributed by atoms with Crippen molar-refractivity contribution in [2.45, 2.75) is 30.3 Å². The predicted molar refractivity (Wildman–Crippen MR) is 92.3 cm³/mol. The number of methoxy groups -OCH3 is 1. The molecule has 3 nitrogen and oxygen atoms in total. The number of rotatable bonds is 3. The molecule has 0 radical (unpaired) electrons. The SMILES string of the molecule is CCSC1CC2(c3cc(OC)ccc3OC2O)c2ccccc21. The second-order valence-electron chi connectivity index (χ2n) is 6.04. The Morgan fingerprint density at radius 3 is 2.87 bits per heavy atom. The molecule has 0 fully saturated rings. The first-order valence-electron chi connectivity index (χ1n) is 7.95. The molecule has 0 saturated carbocycles. The maximum atomic E-state index is 10.8. The molecule has 0 aromatic heterocycles. The average molecular weight is 328 g/mol. The molecule has 3 unspecified atom stereocenters. The summed E-state index contributed by atoms with van der Waals surface area (Å²) in [5.74, 6) is 2.61. The molecule has 23 heavy (non-hydrogen) atoms. The van der Waals surface area contributed by atoms with E-state index in [1.165, 1.54) is 11.1 Å².